The van der Waals surface area contributed by atoms with Crippen LogP contribution >= 0.6 is 11.6 Å². The molecule has 0 saturated heterocycles. The Balaban J connectivity index is 2.47. The quantitative estimate of drug-likeness (QED) is 0.677. The van der Waals surface area contributed by atoms with E-state index in [-0.39, 0.29) is 10.6 Å². The van der Waals surface area contributed by atoms with Gasteiger partial charge in [0.25, 0.3) is 0 Å². The Bertz CT molecular complexity index is 636. The first-order valence-electron chi connectivity index (χ1n) is 5.53. The maximum Gasteiger partial charge on any atom is 0.336 e. The average molecular weight is 277 g/mol. The average Bonchev–Trinajstić information content (AvgIpc) is 2.40. The van der Waals surface area contributed by atoms with Gasteiger partial charge in [0.05, 0.1) is 10.6 Å². The van der Waals surface area contributed by atoms with E-state index in [1.54, 1.807) is 30.3 Å². The van der Waals surface area contributed by atoms with E-state index in [9.17, 15) is 14.3 Å². The zero-order chi connectivity index (χ0) is 13.8. The van der Waals surface area contributed by atoms with E-state index in [1.807, 2.05) is 0 Å². The fourth-order valence-corrected chi connectivity index (χ4v) is 1.84. The van der Waals surface area contributed by atoms with Gasteiger partial charge in [0.2, 0.25) is 0 Å². The summed E-state index contributed by atoms with van der Waals surface area (Å²) >= 11 is 5.67. The Hall–Kier alpha value is -2.13. The molecule has 0 aliphatic carbocycles. The Kier molecular flexibility index (Phi) is 3.97. The number of hydrogen-bond donors (Lipinski definition) is 1. The Morgan fingerprint density at radius 2 is 1.84 bits per heavy atom. The number of carboxylic acids is 1. The van der Waals surface area contributed by atoms with Gasteiger partial charge in [-0.1, -0.05) is 48.0 Å². The normalized spacial score (nSPS) is 11.4. The second kappa shape index (κ2) is 5.67. The maximum atomic E-state index is 13.0. The van der Waals surface area contributed by atoms with Gasteiger partial charge in [-0.15, -0.1) is 0 Å². The van der Waals surface area contributed by atoms with Gasteiger partial charge in [-0.05, 0) is 29.3 Å². The van der Waals surface area contributed by atoms with Gasteiger partial charge < -0.3 is 5.11 Å². The van der Waals surface area contributed by atoms with E-state index >= 15 is 0 Å². The van der Waals surface area contributed by atoms with Crippen LogP contribution in [0.4, 0.5) is 4.39 Å². The van der Waals surface area contributed by atoms with Crippen molar-refractivity contribution in [2.45, 2.75) is 0 Å². The first-order valence-corrected chi connectivity index (χ1v) is 5.91. The highest BCUT2D eigenvalue weighted by Crippen LogP contribution is 2.22. The number of carbonyl (C=O) groups is 1. The first-order chi connectivity index (χ1) is 9.08. The third kappa shape index (κ3) is 3.20. The van der Waals surface area contributed by atoms with Crippen LogP contribution in [-0.2, 0) is 4.79 Å². The maximum absolute atomic E-state index is 13.0. The summed E-state index contributed by atoms with van der Waals surface area (Å²) in [6.07, 6.45) is 1.46. The minimum absolute atomic E-state index is 0.0356. The van der Waals surface area contributed by atoms with Crippen LogP contribution in [0.2, 0.25) is 5.02 Å². The Morgan fingerprint density at radius 1 is 1.16 bits per heavy atom. The molecular formula is C15H10ClFO2. The van der Waals surface area contributed by atoms with Crippen LogP contribution in [0, 0.1) is 5.82 Å². The summed E-state index contributed by atoms with van der Waals surface area (Å²) < 4.78 is 13.0. The summed E-state index contributed by atoms with van der Waals surface area (Å²) in [4.78, 5) is 11.3. The predicted octanol–water partition coefficient (Wildman–Crippen LogP) is 4.10. The summed E-state index contributed by atoms with van der Waals surface area (Å²) in [5, 5.41) is 9.20. The molecule has 0 unspecified atom stereocenters. The van der Waals surface area contributed by atoms with Crippen LogP contribution in [0.15, 0.2) is 48.5 Å². The second-order valence-electron chi connectivity index (χ2n) is 3.90. The molecule has 0 aliphatic heterocycles. The van der Waals surface area contributed by atoms with Gasteiger partial charge >= 0.3 is 5.97 Å². The van der Waals surface area contributed by atoms with Crippen molar-refractivity contribution >= 4 is 29.2 Å². The lowest BCUT2D eigenvalue weighted by molar-refractivity contribution is -0.130. The highest BCUT2D eigenvalue weighted by Gasteiger charge is 2.10. The molecule has 4 heteroatoms. The van der Waals surface area contributed by atoms with Gasteiger partial charge in [-0.25, -0.2) is 9.18 Å². The van der Waals surface area contributed by atoms with Gasteiger partial charge in [-0.2, -0.15) is 0 Å². The predicted molar refractivity (Wildman–Crippen MR) is 73.4 cm³/mol. The van der Waals surface area contributed by atoms with E-state index in [2.05, 4.69) is 0 Å². The summed E-state index contributed by atoms with van der Waals surface area (Å²) in [5.74, 6) is -1.58. The van der Waals surface area contributed by atoms with Gasteiger partial charge in [0.1, 0.15) is 5.82 Å². The third-order valence-corrected chi connectivity index (χ3v) is 2.86. The van der Waals surface area contributed by atoms with Crippen molar-refractivity contribution in [2.24, 2.45) is 0 Å². The lowest BCUT2D eigenvalue weighted by atomic mass is 10.0. The zero-order valence-corrected chi connectivity index (χ0v) is 10.6. The molecule has 0 radical (unpaired) electrons. The van der Waals surface area contributed by atoms with E-state index in [0.717, 1.165) is 0 Å². The SMILES string of the molecule is O=C(O)/C(=C/c1ccc(F)c(Cl)c1)c1ccccc1. The monoisotopic (exact) mass is 276 g/mol. The van der Waals surface area contributed by atoms with Gasteiger partial charge in [0.15, 0.2) is 0 Å². The molecule has 2 aromatic carbocycles. The topological polar surface area (TPSA) is 37.3 Å². The molecule has 2 nitrogen and oxygen atoms in total. The zero-order valence-electron chi connectivity index (χ0n) is 9.81. The lowest BCUT2D eigenvalue weighted by Gasteiger charge is -2.03. The molecule has 2 aromatic rings. The molecule has 0 amide bonds. The highest BCUT2D eigenvalue weighted by atomic mass is 35.5. The third-order valence-electron chi connectivity index (χ3n) is 2.57. The molecule has 0 fully saturated rings. The van der Waals surface area contributed by atoms with E-state index in [0.29, 0.717) is 11.1 Å². The minimum Gasteiger partial charge on any atom is -0.478 e. The van der Waals surface area contributed by atoms with Crippen LogP contribution in [0.5, 0.6) is 0 Å². The molecular weight excluding hydrogens is 267 g/mol. The summed E-state index contributed by atoms with van der Waals surface area (Å²) in [6, 6.07) is 12.8. The van der Waals surface area contributed by atoms with Crippen molar-refractivity contribution in [2.75, 3.05) is 0 Å². The Labute approximate surface area is 114 Å². The molecule has 0 bridgehead atoms. The lowest BCUT2D eigenvalue weighted by Crippen LogP contribution is -1.99. The number of halogens is 2. The molecule has 0 atom stereocenters. The highest BCUT2D eigenvalue weighted by molar-refractivity contribution is 6.31. The van der Waals surface area contributed by atoms with Crippen LogP contribution in [-0.4, -0.2) is 11.1 Å². The van der Waals surface area contributed by atoms with Crippen LogP contribution in [0.25, 0.3) is 11.6 Å². The molecule has 0 heterocycles. The molecule has 1 N–H and O–H groups in total. The molecule has 0 aromatic heterocycles. The number of hydrogen-bond acceptors (Lipinski definition) is 1. The number of benzene rings is 2. The van der Waals surface area contributed by atoms with Crippen molar-refractivity contribution in [1.82, 2.24) is 0 Å². The second-order valence-corrected chi connectivity index (χ2v) is 4.31. The summed E-state index contributed by atoms with van der Waals surface area (Å²) in [7, 11) is 0. The molecule has 0 saturated carbocycles. The standard InChI is InChI=1S/C15H10ClFO2/c16-13-9-10(6-7-14(13)17)8-12(15(18)19)11-4-2-1-3-5-11/h1-9H,(H,18,19)/b12-8+. The van der Waals surface area contributed by atoms with Crippen LogP contribution in [0.3, 0.4) is 0 Å². The van der Waals surface area contributed by atoms with E-state index in [4.69, 9.17) is 11.6 Å². The summed E-state index contributed by atoms with van der Waals surface area (Å²) in [6.45, 7) is 0. The van der Waals surface area contributed by atoms with Crippen molar-refractivity contribution < 1.29 is 14.3 Å². The van der Waals surface area contributed by atoms with E-state index < -0.39 is 11.8 Å². The minimum atomic E-state index is -1.05. The van der Waals surface area contributed by atoms with Crippen molar-refractivity contribution in [3.05, 3.63) is 70.5 Å². The Morgan fingerprint density at radius 3 is 2.42 bits per heavy atom. The van der Waals surface area contributed by atoms with E-state index in [1.165, 1.54) is 24.3 Å². The number of aliphatic carboxylic acids is 1. The largest absolute Gasteiger partial charge is 0.478 e. The molecule has 96 valence electrons. The van der Waals surface area contributed by atoms with Crippen molar-refractivity contribution in [3.63, 3.8) is 0 Å². The number of carboxylic acid groups (broad SMARTS) is 1. The molecule has 19 heavy (non-hydrogen) atoms. The smallest absolute Gasteiger partial charge is 0.336 e. The van der Waals surface area contributed by atoms with Crippen LogP contribution in [0.1, 0.15) is 11.1 Å². The van der Waals surface area contributed by atoms with Crippen molar-refractivity contribution in [3.8, 4) is 0 Å². The number of rotatable bonds is 3. The van der Waals surface area contributed by atoms with Crippen LogP contribution < -0.4 is 0 Å². The van der Waals surface area contributed by atoms with Crippen molar-refractivity contribution in [1.29, 1.82) is 0 Å². The van der Waals surface area contributed by atoms with Gasteiger partial charge in [0, 0.05) is 0 Å². The fourth-order valence-electron chi connectivity index (χ4n) is 1.66. The summed E-state index contributed by atoms with van der Waals surface area (Å²) in [5.41, 5.74) is 1.24. The molecule has 0 spiro atoms. The first kappa shape index (κ1) is 13.3. The molecule has 2 rings (SSSR count). The van der Waals surface area contributed by atoms with Gasteiger partial charge in [-0.3, -0.25) is 0 Å². The fraction of sp³-hybridized carbons (Fsp3) is 0. The molecule has 0 aliphatic rings.